The Morgan fingerprint density at radius 2 is 0.684 bits per heavy atom. The molecule has 0 aliphatic heterocycles. The van der Waals surface area contributed by atoms with E-state index in [4.69, 9.17) is 14.2 Å². The molecule has 0 saturated carbocycles. The molecule has 57 heavy (non-hydrogen) atoms. The number of esters is 3. The zero-order chi connectivity index (χ0) is 41.5. The van der Waals surface area contributed by atoms with Crippen LogP contribution in [0.1, 0.15) is 175 Å². The average molecular weight is 789 g/mol. The quantitative estimate of drug-likeness (QED) is 0.0268. The van der Waals surface area contributed by atoms with Crippen LogP contribution in [0.3, 0.4) is 0 Å². The molecule has 6 heteroatoms. The first kappa shape index (κ1) is 53.1. The van der Waals surface area contributed by atoms with Crippen LogP contribution in [0.4, 0.5) is 0 Å². The molecular weight excluding hydrogens is 709 g/mol. The Hall–Kier alpha value is -3.93. The van der Waals surface area contributed by atoms with Crippen LogP contribution in [0, 0.1) is 0 Å². The van der Waals surface area contributed by atoms with Crippen molar-refractivity contribution in [2.24, 2.45) is 0 Å². The van der Waals surface area contributed by atoms with Gasteiger partial charge in [0.1, 0.15) is 13.2 Å². The summed E-state index contributed by atoms with van der Waals surface area (Å²) in [5, 5.41) is 0. The summed E-state index contributed by atoms with van der Waals surface area (Å²) >= 11 is 0. The van der Waals surface area contributed by atoms with E-state index in [0.717, 1.165) is 128 Å². The highest BCUT2D eigenvalue weighted by molar-refractivity contribution is 5.71. The smallest absolute Gasteiger partial charge is 0.306 e. The van der Waals surface area contributed by atoms with Crippen molar-refractivity contribution in [3.8, 4) is 0 Å². The molecule has 6 nitrogen and oxygen atoms in total. The second-order valence-corrected chi connectivity index (χ2v) is 14.2. The molecule has 0 rings (SSSR count). The van der Waals surface area contributed by atoms with Gasteiger partial charge < -0.3 is 14.2 Å². The first-order chi connectivity index (χ1) is 28.0. The van der Waals surface area contributed by atoms with E-state index in [2.05, 4.69) is 130 Å². The van der Waals surface area contributed by atoms with Crippen molar-refractivity contribution in [3.05, 3.63) is 109 Å². The zero-order valence-corrected chi connectivity index (χ0v) is 36.3. The molecule has 1 atom stereocenters. The molecule has 0 amide bonds. The number of unbranched alkanes of at least 4 members (excludes halogenated alkanes) is 9. The van der Waals surface area contributed by atoms with Crippen LogP contribution in [0.5, 0.6) is 0 Å². The number of rotatable bonds is 38. The van der Waals surface area contributed by atoms with Crippen LogP contribution in [0.25, 0.3) is 0 Å². The maximum Gasteiger partial charge on any atom is 0.306 e. The van der Waals surface area contributed by atoms with Crippen molar-refractivity contribution in [2.75, 3.05) is 13.2 Å². The van der Waals surface area contributed by atoms with Crippen LogP contribution >= 0.6 is 0 Å². The van der Waals surface area contributed by atoms with Gasteiger partial charge in [-0.1, -0.05) is 162 Å². The maximum absolute atomic E-state index is 12.7. The predicted octanol–water partition coefficient (Wildman–Crippen LogP) is 14.4. The summed E-state index contributed by atoms with van der Waals surface area (Å²) in [5.74, 6) is -1.01. The number of allylic oxidation sites excluding steroid dienone is 18. The van der Waals surface area contributed by atoms with Gasteiger partial charge in [-0.3, -0.25) is 14.4 Å². The fraction of sp³-hybridized carbons (Fsp3) is 0.588. The number of hydrogen-bond acceptors (Lipinski definition) is 6. The minimum Gasteiger partial charge on any atom is -0.462 e. The van der Waals surface area contributed by atoms with Crippen molar-refractivity contribution >= 4 is 17.9 Å². The van der Waals surface area contributed by atoms with Gasteiger partial charge in [0, 0.05) is 19.3 Å². The van der Waals surface area contributed by atoms with Gasteiger partial charge in [-0.05, 0) is 103 Å². The molecule has 1 unspecified atom stereocenters. The van der Waals surface area contributed by atoms with Gasteiger partial charge in [0.15, 0.2) is 6.10 Å². The molecule has 0 aliphatic carbocycles. The summed E-state index contributed by atoms with van der Waals surface area (Å²) in [6.45, 7) is 6.22. The molecule has 0 N–H and O–H groups in total. The third-order valence-corrected chi connectivity index (χ3v) is 8.77. The molecule has 0 bridgehead atoms. The Morgan fingerprint density at radius 1 is 0.368 bits per heavy atom. The standard InChI is InChI=1S/C51H80O6/c1-4-7-10-13-15-17-19-21-23-24-25-26-28-29-31-33-35-38-41-44-50(53)56-47-48(46-55-49(52)43-40-37-12-9-6-3)57-51(54)45-42-39-36-34-32-30-27-22-20-18-16-14-11-8-5-2/h7-8,10-11,15-18,21-23,25-27,29,31-32,34,48H,4-6,9,12-14,19-20,24,28,30,33,35-47H2,1-3H3/b10-7-,11-8-,17-15-,18-16-,23-21-,26-25-,27-22-,31-29-,34-32-. The van der Waals surface area contributed by atoms with Gasteiger partial charge in [0.2, 0.25) is 0 Å². The highest BCUT2D eigenvalue weighted by atomic mass is 16.6. The van der Waals surface area contributed by atoms with Gasteiger partial charge in [0.25, 0.3) is 0 Å². The Balaban J connectivity index is 4.39. The van der Waals surface area contributed by atoms with Gasteiger partial charge in [-0.15, -0.1) is 0 Å². The van der Waals surface area contributed by atoms with Crippen molar-refractivity contribution in [1.29, 1.82) is 0 Å². The van der Waals surface area contributed by atoms with E-state index in [-0.39, 0.29) is 37.5 Å². The molecule has 0 radical (unpaired) electrons. The van der Waals surface area contributed by atoms with Gasteiger partial charge in [0.05, 0.1) is 0 Å². The van der Waals surface area contributed by atoms with Gasteiger partial charge in [-0.2, -0.15) is 0 Å². The average Bonchev–Trinajstić information content (AvgIpc) is 3.21. The predicted molar refractivity (Wildman–Crippen MR) is 242 cm³/mol. The second kappa shape index (κ2) is 44.8. The molecule has 320 valence electrons. The lowest BCUT2D eigenvalue weighted by Crippen LogP contribution is -2.30. The molecular formula is C51H80O6. The summed E-state index contributed by atoms with van der Waals surface area (Å²) in [4.78, 5) is 37.5. The number of hydrogen-bond donors (Lipinski definition) is 0. The summed E-state index contributed by atoms with van der Waals surface area (Å²) in [6, 6.07) is 0. The van der Waals surface area contributed by atoms with Crippen molar-refractivity contribution in [1.82, 2.24) is 0 Å². The maximum atomic E-state index is 12.7. The topological polar surface area (TPSA) is 78.9 Å². The first-order valence-electron chi connectivity index (χ1n) is 22.4. The monoisotopic (exact) mass is 789 g/mol. The van der Waals surface area contributed by atoms with Gasteiger partial charge in [-0.25, -0.2) is 0 Å². The van der Waals surface area contributed by atoms with Crippen molar-refractivity contribution in [2.45, 2.75) is 181 Å². The normalized spacial score (nSPS) is 13.1. The summed E-state index contributed by atoms with van der Waals surface area (Å²) < 4.78 is 16.5. The third kappa shape index (κ3) is 43.0. The largest absolute Gasteiger partial charge is 0.462 e. The highest BCUT2D eigenvalue weighted by Crippen LogP contribution is 2.10. The summed E-state index contributed by atoms with van der Waals surface area (Å²) in [7, 11) is 0. The van der Waals surface area contributed by atoms with Crippen molar-refractivity contribution < 1.29 is 28.6 Å². The molecule has 0 heterocycles. The Morgan fingerprint density at radius 3 is 1.09 bits per heavy atom. The fourth-order valence-corrected chi connectivity index (χ4v) is 5.46. The fourth-order valence-electron chi connectivity index (χ4n) is 5.46. The van der Waals surface area contributed by atoms with E-state index in [1.807, 2.05) is 0 Å². The lowest BCUT2D eigenvalue weighted by molar-refractivity contribution is -0.167. The number of ether oxygens (including phenoxy) is 3. The van der Waals surface area contributed by atoms with E-state index < -0.39 is 6.10 Å². The second-order valence-electron chi connectivity index (χ2n) is 14.2. The Labute approximate surface area is 349 Å². The zero-order valence-electron chi connectivity index (χ0n) is 36.3. The van der Waals surface area contributed by atoms with Crippen molar-refractivity contribution in [3.63, 3.8) is 0 Å². The number of carbonyl (C=O) groups excluding carboxylic acids is 3. The van der Waals surface area contributed by atoms with E-state index in [1.165, 1.54) is 0 Å². The van der Waals surface area contributed by atoms with E-state index in [0.29, 0.717) is 19.3 Å². The minimum absolute atomic E-state index is 0.109. The minimum atomic E-state index is -0.810. The van der Waals surface area contributed by atoms with E-state index in [1.54, 1.807) is 0 Å². The molecule has 0 saturated heterocycles. The number of carbonyl (C=O) groups is 3. The lowest BCUT2D eigenvalue weighted by Gasteiger charge is -2.18. The highest BCUT2D eigenvalue weighted by Gasteiger charge is 2.19. The van der Waals surface area contributed by atoms with Crippen LogP contribution < -0.4 is 0 Å². The SMILES string of the molecule is CC/C=C\C/C=C\C/C=C\C/C=C\C/C=C\CCCCCC(=O)OCC(COC(=O)CCCCCCC)OC(=O)CCCC/C=C\C/C=C\C/C=C\C/C=C\CC. The first-order valence-corrected chi connectivity index (χ1v) is 22.4. The van der Waals surface area contributed by atoms with E-state index in [9.17, 15) is 14.4 Å². The van der Waals surface area contributed by atoms with Crippen LogP contribution in [-0.4, -0.2) is 37.2 Å². The molecule has 0 aromatic heterocycles. The van der Waals surface area contributed by atoms with Crippen LogP contribution in [0.15, 0.2) is 109 Å². The van der Waals surface area contributed by atoms with Crippen LogP contribution in [-0.2, 0) is 28.6 Å². The molecule has 0 aliphatic rings. The molecule has 0 spiro atoms. The van der Waals surface area contributed by atoms with Crippen LogP contribution in [0.2, 0.25) is 0 Å². The lowest BCUT2D eigenvalue weighted by atomic mass is 10.1. The summed E-state index contributed by atoms with van der Waals surface area (Å²) in [6.07, 6.45) is 59.6. The molecule has 0 aromatic rings. The third-order valence-electron chi connectivity index (χ3n) is 8.77. The van der Waals surface area contributed by atoms with Gasteiger partial charge >= 0.3 is 17.9 Å². The van der Waals surface area contributed by atoms with E-state index >= 15 is 0 Å². The Bertz CT molecular complexity index is 1230. The molecule has 0 fully saturated rings. The molecule has 0 aromatic carbocycles. The summed E-state index contributed by atoms with van der Waals surface area (Å²) in [5.41, 5.74) is 0. The Kier molecular flexibility index (Phi) is 41.7.